The van der Waals surface area contributed by atoms with Gasteiger partial charge in [0.2, 0.25) is 0 Å². The summed E-state index contributed by atoms with van der Waals surface area (Å²) in [5.74, 6) is 1.59. The summed E-state index contributed by atoms with van der Waals surface area (Å²) in [5, 5.41) is 4.57. The highest BCUT2D eigenvalue weighted by Crippen LogP contribution is 2.39. The lowest BCUT2D eigenvalue weighted by molar-refractivity contribution is 0.295. The minimum Gasteiger partial charge on any atom is -0.494 e. The van der Waals surface area contributed by atoms with Crippen LogP contribution in [0.3, 0.4) is 0 Å². The summed E-state index contributed by atoms with van der Waals surface area (Å²) in [5.41, 5.74) is 2.75. The number of methoxy groups -OCH3 is 2. The topological polar surface area (TPSA) is 46.6 Å². The number of hydrogen-bond acceptors (Lipinski definition) is 5. The van der Waals surface area contributed by atoms with Gasteiger partial charge in [-0.2, -0.15) is 0 Å². The van der Waals surface area contributed by atoms with E-state index in [4.69, 9.17) is 9.47 Å². The van der Waals surface area contributed by atoms with Crippen LogP contribution >= 0.6 is 0 Å². The maximum atomic E-state index is 5.71. The average molecular weight is 360 g/mol. The summed E-state index contributed by atoms with van der Waals surface area (Å²) in [6.07, 6.45) is 2.27. The van der Waals surface area contributed by atoms with Crippen molar-refractivity contribution in [3.63, 3.8) is 0 Å². The molecule has 1 aromatic heterocycles. The van der Waals surface area contributed by atoms with Gasteiger partial charge in [0.05, 0.1) is 19.9 Å². The molecule has 0 aliphatic rings. The predicted molar refractivity (Wildman–Crippen MR) is 110 cm³/mol. The molecule has 0 saturated carbocycles. The van der Waals surface area contributed by atoms with E-state index in [1.54, 1.807) is 14.2 Å². The van der Waals surface area contributed by atoms with Crippen molar-refractivity contribution in [3.05, 3.63) is 23.9 Å². The van der Waals surface area contributed by atoms with Crippen molar-refractivity contribution in [2.24, 2.45) is 0 Å². The first-order chi connectivity index (χ1) is 12.5. The number of benzene rings is 1. The van der Waals surface area contributed by atoms with Crippen LogP contribution in [-0.4, -0.2) is 49.8 Å². The van der Waals surface area contributed by atoms with Crippen LogP contribution in [0.25, 0.3) is 10.9 Å². The third kappa shape index (κ3) is 4.79. The summed E-state index contributed by atoms with van der Waals surface area (Å²) in [6.45, 7) is 12.0. The third-order valence-electron chi connectivity index (χ3n) is 4.86. The summed E-state index contributed by atoms with van der Waals surface area (Å²) in [7, 11) is 3.39. The highest BCUT2D eigenvalue weighted by molar-refractivity contribution is 5.95. The first-order valence-corrected chi connectivity index (χ1v) is 9.55. The summed E-state index contributed by atoms with van der Waals surface area (Å²) < 4.78 is 11.3. The normalized spacial score (nSPS) is 12.4. The van der Waals surface area contributed by atoms with Crippen molar-refractivity contribution in [1.29, 1.82) is 0 Å². The molecule has 0 amide bonds. The summed E-state index contributed by atoms with van der Waals surface area (Å²) >= 11 is 0. The molecule has 1 N–H and O–H groups in total. The smallest absolute Gasteiger partial charge is 0.151 e. The standard InChI is InChI=1S/C21H33N3O2/c1-7-24(8-2)13-9-10-15(3)22-18-14-19(25-5)20-17(21(18)26-6)12-11-16(4)23-20/h11-12,14-15,22H,7-10,13H2,1-6H3. The van der Waals surface area contributed by atoms with E-state index < -0.39 is 0 Å². The van der Waals surface area contributed by atoms with Gasteiger partial charge in [0.1, 0.15) is 11.3 Å². The van der Waals surface area contributed by atoms with E-state index in [0.29, 0.717) is 6.04 Å². The minimum atomic E-state index is 0.347. The number of hydrogen-bond donors (Lipinski definition) is 1. The van der Waals surface area contributed by atoms with Gasteiger partial charge >= 0.3 is 0 Å². The van der Waals surface area contributed by atoms with Crippen LogP contribution in [0, 0.1) is 6.92 Å². The average Bonchev–Trinajstić information content (AvgIpc) is 2.64. The number of nitrogens with zero attached hydrogens (tertiary/aromatic N) is 2. The quantitative estimate of drug-likeness (QED) is 0.677. The molecule has 2 aromatic rings. The zero-order valence-electron chi connectivity index (χ0n) is 17.1. The molecule has 0 bridgehead atoms. The Labute approximate surface area is 157 Å². The molecule has 0 aliphatic heterocycles. The summed E-state index contributed by atoms with van der Waals surface area (Å²) in [4.78, 5) is 7.08. The van der Waals surface area contributed by atoms with E-state index in [0.717, 1.165) is 59.8 Å². The number of nitrogens with one attached hydrogen (secondary N) is 1. The Hall–Kier alpha value is -2.01. The lowest BCUT2D eigenvalue weighted by Crippen LogP contribution is -2.25. The molecule has 0 aliphatic carbocycles. The van der Waals surface area contributed by atoms with Gasteiger partial charge in [-0.15, -0.1) is 0 Å². The third-order valence-corrected chi connectivity index (χ3v) is 4.86. The van der Waals surface area contributed by atoms with Gasteiger partial charge < -0.3 is 19.7 Å². The lowest BCUT2D eigenvalue weighted by atomic mass is 10.1. The molecular weight excluding hydrogens is 326 g/mol. The molecule has 1 unspecified atom stereocenters. The van der Waals surface area contributed by atoms with Gasteiger partial charge in [0.15, 0.2) is 5.75 Å². The second-order valence-corrected chi connectivity index (χ2v) is 6.72. The lowest BCUT2D eigenvalue weighted by Gasteiger charge is -2.22. The van der Waals surface area contributed by atoms with E-state index in [2.05, 4.69) is 42.0 Å². The van der Waals surface area contributed by atoms with Gasteiger partial charge in [-0.25, -0.2) is 4.98 Å². The zero-order chi connectivity index (χ0) is 19.1. The first kappa shape index (κ1) is 20.3. The maximum Gasteiger partial charge on any atom is 0.151 e. The number of aromatic nitrogens is 1. The molecule has 26 heavy (non-hydrogen) atoms. The van der Waals surface area contributed by atoms with Crippen LogP contribution in [0.5, 0.6) is 11.5 Å². The molecule has 0 spiro atoms. The molecule has 5 heteroatoms. The number of pyridine rings is 1. The molecular formula is C21H33N3O2. The Balaban J connectivity index is 2.19. The Kier molecular flexibility index (Phi) is 7.51. The van der Waals surface area contributed by atoms with Gasteiger partial charge in [0.25, 0.3) is 0 Å². The Bertz CT molecular complexity index is 714. The van der Waals surface area contributed by atoms with Crippen molar-refractivity contribution in [1.82, 2.24) is 9.88 Å². The first-order valence-electron chi connectivity index (χ1n) is 9.55. The highest BCUT2D eigenvalue weighted by Gasteiger charge is 2.16. The predicted octanol–water partition coefficient (Wildman–Crippen LogP) is 4.48. The van der Waals surface area contributed by atoms with E-state index in [9.17, 15) is 0 Å². The minimum absolute atomic E-state index is 0.347. The van der Waals surface area contributed by atoms with Crippen molar-refractivity contribution < 1.29 is 9.47 Å². The fourth-order valence-corrected chi connectivity index (χ4v) is 3.32. The van der Waals surface area contributed by atoms with Crippen LogP contribution in [0.2, 0.25) is 0 Å². The van der Waals surface area contributed by atoms with Crippen LogP contribution < -0.4 is 14.8 Å². The van der Waals surface area contributed by atoms with Crippen LogP contribution in [0.15, 0.2) is 18.2 Å². The van der Waals surface area contributed by atoms with Gasteiger partial charge in [-0.3, -0.25) is 0 Å². The second-order valence-electron chi connectivity index (χ2n) is 6.72. The summed E-state index contributed by atoms with van der Waals surface area (Å²) in [6, 6.07) is 6.39. The second kappa shape index (κ2) is 9.62. The van der Waals surface area contributed by atoms with Crippen LogP contribution in [0.4, 0.5) is 5.69 Å². The van der Waals surface area contributed by atoms with E-state index in [-0.39, 0.29) is 0 Å². The maximum absolute atomic E-state index is 5.71. The van der Waals surface area contributed by atoms with Crippen molar-refractivity contribution >= 4 is 16.6 Å². The number of fused-ring (bicyclic) bond motifs is 1. The monoisotopic (exact) mass is 359 g/mol. The molecule has 1 aromatic carbocycles. The zero-order valence-corrected chi connectivity index (χ0v) is 17.1. The van der Waals surface area contributed by atoms with E-state index in [1.807, 2.05) is 19.1 Å². The molecule has 1 atom stereocenters. The Morgan fingerprint density at radius 3 is 2.50 bits per heavy atom. The number of anilines is 1. The number of ether oxygens (including phenoxy) is 2. The number of aryl methyl sites for hydroxylation is 1. The molecule has 5 nitrogen and oxygen atoms in total. The SMILES string of the molecule is CCN(CC)CCCC(C)Nc1cc(OC)c2nc(C)ccc2c1OC. The highest BCUT2D eigenvalue weighted by atomic mass is 16.5. The van der Waals surface area contributed by atoms with Crippen LogP contribution in [-0.2, 0) is 0 Å². The largest absolute Gasteiger partial charge is 0.494 e. The van der Waals surface area contributed by atoms with Gasteiger partial charge in [-0.1, -0.05) is 13.8 Å². The molecule has 1 heterocycles. The van der Waals surface area contributed by atoms with Crippen molar-refractivity contribution in [2.45, 2.75) is 46.6 Å². The van der Waals surface area contributed by atoms with Gasteiger partial charge in [-0.05, 0) is 58.5 Å². The Morgan fingerprint density at radius 1 is 1.15 bits per heavy atom. The van der Waals surface area contributed by atoms with Gasteiger partial charge in [0, 0.05) is 23.2 Å². The molecule has 144 valence electrons. The number of rotatable bonds is 10. The fraction of sp³-hybridized carbons (Fsp3) is 0.571. The molecule has 0 radical (unpaired) electrons. The van der Waals surface area contributed by atoms with Crippen molar-refractivity contribution in [2.75, 3.05) is 39.2 Å². The molecule has 0 saturated heterocycles. The van der Waals surface area contributed by atoms with Crippen LogP contribution in [0.1, 0.15) is 39.3 Å². The Morgan fingerprint density at radius 2 is 1.88 bits per heavy atom. The fourth-order valence-electron chi connectivity index (χ4n) is 3.32. The van der Waals surface area contributed by atoms with Crippen molar-refractivity contribution in [3.8, 4) is 11.5 Å². The molecule has 0 fully saturated rings. The van der Waals surface area contributed by atoms with E-state index in [1.165, 1.54) is 6.42 Å². The van der Waals surface area contributed by atoms with E-state index >= 15 is 0 Å². The molecule has 2 rings (SSSR count).